The number of amides is 2. The Morgan fingerprint density at radius 2 is 1.71 bits per heavy atom. The van der Waals surface area contributed by atoms with Crippen molar-refractivity contribution < 1.29 is 14.4 Å². The molecule has 1 aromatic heterocycles. The molecular formula is C16H25N5O3. The molecule has 0 aliphatic carbocycles. The number of rotatable bonds is 5. The molecule has 0 aromatic carbocycles. The maximum Gasteiger partial charge on any atom is 0.246 e. The molecule has 1 aliphatic rings. The summed E-state index contributed by atoms with van der Waals surface area (Å²) in [7, 11) is 2.96. The van der Waals surface area contributed by atoms with E-state index in [2.05, 4.69) is 14.9 Å². The van der Waals surface area contributed by atoms with Gasteiger partial charge in [0.05, 0.1) is 7.11 Å². The van der Waals surface area contributed by atoms with Crippen molar-refractivity contribution in [2.75, 3.05) is 45.2 Å². The van der Waals surface area contributed by atoms with Crippen LogP contribution in [-0.4, -0.2) is 72.1 Å². The number of carbonyl (C=O) groups is 2. The van der Waals surface area contributed by atoms with Crippen molar-refractivity contribution in [2.45, 2.75) is 26.7 Å². The van der Waals surface area contributed by atoms with Crippen LogP contribution < -0.4 is 4.90 Å². The van der Waals surface area contributed by atoms with E-state index in [0.717, 1.165) is 22.4 Å². The Balaban J connectivity index is 1.83. The second kappa shape index (κ2) is 8.05. The molecule has 2 heterocycles. The van der Waals surface area contributed by atoms with Crippen molar-refractivity contribution in [3.63, 3.8) is 0 Å². The quantitative estimate of drug-likeness (QED) is 0.731. The van der Waals surface area contributed by atoms with Crippen LogP contribution in [0, 0.1) is 13.8 Å². The lowest BCUT2D eigenvalue weighted by atomic mass is 10.2. The maximum absolute atomic E-state index is 12.2. The highest BCUT2D eigenvalue weighted by Gasteiger charge is 2.23. The van der Waals surface area contributed by atoms with E-state index in [-0.39, 0.29) is 24.7 Å². The largest absolute Gasteiger partial charge is 0.339 e. The van der Waals surface area contributed by atoms with Gasteiger partial charge in [-0.1, -0.05) is 0 Å². The van der Waals surface area contributed by atoms with E-state index in [4.69, 9.17) is 4.84 Å². The van der Waals surface area contributed by atoms with Crippen LogP contribution in [0.5, 0.6) is 0 Å². The normalized spacial score (nSPS) is 14.7. The summed E-state index contributed by atoms with van der Waals surface area (Å²) >= 11 is 0. The Hall–Kier alpha value is -2.22. The molecule has 0 spiro atoms. The zero-order chi connectivity index (χ0) is 17.7. The Bertz CT molecular complexity index is 579. The number of hydrogen-bond acceptors (Lipinski definition) is 6. The third-order valence-corrected chi connectivity index (χ3v) is 4.06. The molecule has 24 heavy (non-hydrogen) atoms. The van der Waals surface area contributed by atoms with Crippen LogP contribution in [0.4, 0.5) is 5.95 Å². The van der Waals surface area contributed by atoms with E-state index < -0.39 is 0 Å². The molecule has 0 N–H and O–H groups in total. The molecule has 1 saturated heterocycles. The zero-order valence-electron chi connectivity index (χ0n) is 14.8. The lowest BCUT2D eigenvalue weighted by molar-refractivity contribution is -0.169. The van der Waals surface area contributed by atoms with Crippen molar-refractivity contribution in [3.05, 3.63) is 17.5 Å². The van der Waals surface area contributed by atoms with E-state index in [1.165, 1.54) is 14.2 Å². The van der Waals surface area contributed by atoms with E-state index in [1.54, 1.807) is 4.90 Å². The van der Waals surface area contributed by atoms with Gasteiger partial charge >= 0.3 is 0 Å². The summed E-state index contributed by atoms with van der Waals surface area (Å²) in [6.07, 6.45) is 0.357. The second-order valence-corrected chi connectivity index (χ2v) is 5.89. The van der Waals surface area contributed by atoms with E-state index in [0.29, 0.717) is 26.2 Å². The van der Waals surface area contributed by atoms with Gasteiger partial charge in [0.15, 0.2) is 0 Å². The van der Waals surface area contributed by atoms with Crippen LogP contribution in [-0.2, 0) is 14.4 Å². The number of aryl methyl sites for hydroxylation is 2. The monoisotopic (exact) mass is 335 g/mol. The maximum atomic E-state index is 12.2. The van der Waals surface area contributed by atoms with Gasteiger partial charge in [0.2, 0.25) is 17.8 Å². The molecule has 1 aromatic rings. The number of nitrogens with zero attached hydrogens (tertiary/aromatic N) is 5. The van der Waals surface area contributed by atoms with Crippen molar-refractivity contribution in [1.82, 2.24) is 19.9 Å². The molecule has 2 rings (SSSR count). The van der Waals surface area contributed by atoms with Crippen molar-refractivity contribution in [2.24, 2.45) is 0 Å². The van der Waals surface area contributed by atoms with Gasteiger partial charge in [0.25, 0.3) is 0 Å². The molecule has 2 amide bonds. The molecule has 132 valence electrons. The summed E-state index contributed by atoms with van der Waals surface area (Å²) in [5.74, 6) is 0.512. The van der Waals surface area contributed by atoms with Crippen LogP contribution in [0.2, 0.25) is 0 Å². The zero-order valence-corrected chi connectivity index (χ0v) is 14.8. The van der Waals surface area contributed by atoms with Gasteiger partial charge in [-0.15, -0.1) is 0 Å². The summed E-state index contributed by atoms with van der Waals surface area (Å²) in [4.78, 5) is 41.5. The Kier molecular flexibility index (Phi) is 6.08. The SMILES string of the molecule is CON(C)C(=O)CCC(=O)N1CCN(c2nc(C)cc(C)n2)CC1. The third-order valence-electron chi connectivity index (χ3n) is 4.06. The number of aromatic nitrogens is 2. The fraction of sp³-hybridized carbons (Fsp3) is 0.625. The molecule has 1 aliphatic heterocycles. The predicted molar refractivity (Wildman–Crippen MR) is 89.3 cm³/mol. The van der Waals surface area contributed by atoms with Gasteiger partial charge in [-0.05, 0) is 19.9 Å². The number of anilines is 1. The van der Waals surface area contributed by atoms with Crippen molar-refractivity contribution in [1.29, 1.82) is 0 Å². The molecule has 8 nitrogen and oxygen atoms in total. The smallest absolute Gasteiger partial charge is 0.246 e. The highest BCUT2D eigenvalue weighted by molar-refractivity contribution is 5.83. The van der Waals surface area contributed by atoms with Gasteiger partial charge in [-0.25, -0.2) is 15.0 Å². The lowest BCUT2D eigenvalue weighted by Gasteiger charge is -2.35. The fourth-order valence-electron chi connectivity index (χ4n) is 2.64. The third kappa shape index (κ3) is 4.64. The first-order valence-electron chi connectivity index (χ1n) is 8.06. The molecule has 8 heteroatoms. The standard InChI is InChI=1S/C16H25N5O3/c1-12-11-13(2)18-16(17-12)21-9-7-20(8-10-21)15(23)6-5-14(22)19(3)24-4/h11H,5-10H2,1-4H3. The number of piperazine rings is 1. The molecule has 0 atom stereocenters. The molecule has 1 fully saturated rings. The summed E-state index contributed by atoms with van der Waals surface area (Å²) in [5.41, 5.74) is 1.88. The van der Waals surface area contributed by atoms with Gasteiger partial charge in [0.1, 0.15) is 0 Å². The van der Waals surface area contributed by atoms with Gasteiger partial charge in [0, 0.05) is 57.5 Å². The molecule has 0 radical (unpaired) electrons. The lowest BCUT2D eigenvalue weighted by Crippen LogP contribution is -2.49. The molecule has 0 bridgehead atoms. The van der Waals surface area contributed by atoms with E-state index in [9.17, 15) is 9.59 Å². The average molecular weight is 335 g/mol. The summed E-state index contributed by atoms with van der Waals surface area (Å²) in [6.45, 7) is 6.52. The first kappa shape index (κ1) is 18.1. The van der Waals surface area contributed by atoms with Crippen molar-refractivity contribution >= 4 is 17.8 Å². The van der Waals surface area contributed by atoms with Crippen LogP contribution in [0.25, 0.3) is 0 Å². The van der Waals surface area contributed by atoms with Gasteiger partial charge < -0.3 is 9.80 Å². The Morgan fingerprint density at radius 1 is 1.12 bits per heavy atom. The molecule has 0 saturated carbocycles. The highest BCUT2D eigenvalue weighted by Crippen LogP contribution is 2.14. The van der Waals surface area contributed by atoms with Crippen LogP contribution in [0.1, 0.15) is 24.2 Å². The van der Waals surface area contributed by atoms with E-state index in [1.807, 2.05) is 19.9 Å². The second-order valence-electron chi connectivity index (χ2n) is 5.89. The minimum absolute atomic E-state index is 0.00570. The minimum atomic E-state index is -0.201. The first-order valence-corrected chi connectivity index (χ1v) is 8.06. The number of hydroxylamine groups is 2. The summed E-state index contributed by atoms with van der Waals surface area (Å²) < 4.78 is 0. The summed E-state index contributed by atoms with van der Waals surface area (Å²) in [5, 5.41) is 1.14. The van der Waals surface area contributed by atoms with E-state index >= 15 is 0 Å². The average Bonchev–Trinajstić information content (AvgIpc) is 2.57. The minimum Gasteiger partial charge on any atom is -0.339 e. The molecule has 0 unspecified atom stereocenters. The Morgan fingerprint density at radius 3 is 2.25 bits per heavy atom. The topological polar surface area (TPSA) is 78.9 Å². The first-order chi connectivity index (χ1) is 11.4. The van der Waals surface area contributed by atoms with Gasteiger partial charge in [-0.2, -0.15) is 0 Å². The Labute approximate surface area is 142 Å². The van der Waals surface area contributed by atoms with Gasteiger partial charge in [-0.3, -0.25) is 14.4 Å². The predicted octanol–water partition coefficient (Wildman–Crippen LogP) is 0.542. The van der Waals surface area contributed by atoms with Crippen LogP contribution in [0.3, 0.4) is 0 Å². The van der Waals surface area contributed by atoms with Crippen LogP contribution in [0.15, 0.2) is 6.07 Å². The molecular weight excluding hydrogens is 310 g/mol. The van der Waals surface area contributed by atoms with Crippen molar-refractivity contribution in [3.8, 4) is 0 Å². The summed E-state index contributed by atoms with van der Waals surface area (Å²) in [6, 6.07) is 1.94. The number of carbonyl (C=O) groups excluding carboxylic acids is 2. The fourth-order valence-corrected chi connectivity index (χ4v) is 2.64. The number of hydrogen-bond donors (Lipinski definition) is 0. The van der Waals surface area contributed by atoms with Crippen LogP contribution >= 0.6 is 0 Å². The highest BCUT2D eigenvalue weighted by atomic mass is 16.7.